The molecule has 7 heteroatoms. The molecule has 0 radical (unpaired) electrons. The van der Waals surface area contributed by atoms with E-state index < -0.39 is 12.0 Å². The zero-order valence-electron chi connectivity index (χ0n) is 16.2. The summed E-state index contributed by atoms with van der Waals surface area (Å²) in [4.78, 5) is 23.2. The molecule has 5 atom stereocenters. The zero-order valence-corrected chi connectivity index (χ0v) is 17.0. The van der Waals surface area contributed by atoms with Crippen molar-refractivity contribution < 1.29 is 23.8 Å². The quantitative estimate of drug-likeness (QED) is 0.598. The number of rotatable bonds is 5. The molecule has 4 rings (SSSR count). The van der Waals surface area contributed by atoms with Gasteiger partial charge in [-0.2, -0.15) is 0 Å². The lowest BCUT2D eigenvalue weighted by Crippen LogP contribution is -2.47. The van der Waals surface area contributed by atoms with E-state index in [1.54, 1.807) is 0 Å². The number of amides is 2. The molecule has 2 amide bonds. The number of ether oxygens (including phenoxy) is 3. The molecule has 3 unspecified atom stereocenters. The third-order valence-electron chi connectivity index (χ3n) is 6.67. The molecular weight excluding hydrogens is 382 g/mol. The van der Waals surface area contributed by atoms with E-state index in [0.29, 0.717) is 12.8 Å². The molecule has 2 saturated heterocycles. The molecule has 1 spiro atoms. The van der Waals surface area contributed by atoms with Crippen molar-refractivity contribution in [1.29, 1.82) is 0 Å². The maximum atomic E-state index is 11.9. The first-order valence-corrected chi connectivity index (χ1v) is 10.3. The number of imide groups is 1. The summed E-state index contributed by atoms with van der Waals surface area (Å²) in [6.45, 7) is 5.01. The summed E-state index contributed by atoms with van der Waals surface area (Å²) in [6.07, 6.45) is 2.00. The zero-order chi connectivity index (χ0) is 20.0. The van der Waals surface area contributed by atoms with Gasteiger partial charge >= 0.3 is 6.09 Å². The Balaban J connectivity index is 1.44. The van der Waals surface area contributed by atoms with Crippen molar-refractivity contribution >= 4 is 23.6 Å². The van der Waals surface area contributed by atoms with Crippen molar-refractivity contribution in [3.8, 4) is 0 Å². The van der Waals surface area contributed by atoms with Crippen LogP contribution in [0.15, 0.2) is 30.3 Å². The monoisotopic (exact) mass is 407 g/mol. The Morgan fingerprint density at radius 1 is 1.29 bits per heavy atom. The summed E-state index contributed by atoms with van der Waals surface area (Å²) < 4.78 is 17.7. The molecule has 2 heterocycles. The van der Waals surface area contributed by atoms with Gasteiger partial charge in [0.1, 0.15) is 17.6 Å². The van der Waals surface area contributed by atoms with Gasteiger partial charge in [-0.15, -0.1) is 11.6 Å². The Morgan fingerprint density at radius 3 is 2.64 bits per heavy atom. The Hall–Kier alpha value is -1.63. The predicted molar refractivity (Wildman–Crippen MR) is 103 cm³/mol. The van der Waals surface area contributed by atoms with E-state index in [2.05, 4.69) is 31.3 Å². The van der Waals surface area contributed by atoms with Gasteiger partial charge < -0.3 is 14.2 Å². The fourth-order valence-electron chi connectivity index (χ4n) is 4.85. The molecule has 0 bridgehead atoms. The van der Waals surface area contributed by atoms with Crippen LogP contribution in [0.1, 0.15) is 38.7 Å². The van der Waals surface area contributed by atoms with Gasteiger partial charge in [-0.3, -0.25) is 10.1 Å². The first-order valence-electron chi connectivity index (χ1n) is 9.75. The van der Waals surface area contributed by atoms with Gasteiger partial charge in [-0.05, 0) is 38.7 Å². The lowest BCUT2D eigenvalue weighted by molar-refractivity contribution is -0.118. The molecule has 28 heavy (non-hydrogen) atoms. The van der Waals surface area contributed by atoms with Gasteiger partial charge in [0.15, 0.2) is 0 Å². The summed E-state index contributed by atoms with van der Waals surface area (Å²) in [5.74, 6) is -0.707. The summed E-state index contributed by atoms with van der Waals surface area (Å²) in [7, 11) is 0. The van der Waals surface area contributed by atoms with E-state index >= 15 is 0 Å². The number of benzene rings is 1. The largest absolute Gasteiger partial charge is 0.446 e. The molecule has 1 aliphatic carbocycles. The fourth-order valence-corrected chi connectivity index (χ4v) is 4.92. The fraction of sp³-hybridized carbons (Fsp3) is 0.619. The average molecular weight is 408 g/mol. The molecular formula is C21H26ClNO5. The van der Waals surface area contributed by atoms with Crippen LogP contribution < -0.4 is 5.32 Å². The second-order valence-corrected chi connectivity index (χ2v) is 8.76. The topological polar surface area (TPSA) is 80.5 Å². The predicted octanol–water partition coefficient (Wildman–Crippen LogP) is 3.21. The van der Waals surface area contributed by atoms with Crippen molar-refractivity contribution in [2.75, 3.05) is 12.5 Å². The number of alkyl halides is 1. The van der Waals surface area contributed by atoms with Gasteiger partial charge in [0.05, 0.1) is 17.8 Å². The Kier molecular flexibility index (Phi) is 4.92. The van der Waals surface area contributed by atoms with Gasteiger partial charge in [0, 0.05) is 12.3 Å². The van der Waals surface area contributed by atoms with E-state index in [-0.39, 0.29) is 34.7 Å². The summed E-state index contributed by atoms with van der Waals surface area (Å²) >= 11 is 5.42. The van der Waals surface area contributed by atoms with Crippen molar-refractivity contribution in [1.82, 2.24) is 5.32 Å². The third-order valence-corrected chi connectivity index (χ3v) is 6.91. The standard InChI is InChI=1S/C21H26ClNO5/c1-19(11-14-6-4-3-5-7-14)20(2,28-19)16-10-15(8-9-21(16)13-26-21)27-18(25)23-17(24)12-22/h3-7,15-16H,8-13H2,1-2H3,(H,23,24,25)/t15-,16-,19?,20?,21?/m1/s1. The molecule has 3 fully saturated rings. The second kappa shape index (κ2) is 7.01. The highest BCUT2D eigenvalue weighted by atomic mass is 35.5. The number of nitrogens with one attached hydrogen (secondary N) is 1. The van der Waals surface area contributed by atoms with Gasteiger partial charge in [0.2, 0.25) is 5.91 Å². The first kappa shape index (κ1) is 19.7. The summed E-state index contributed by atoms with van der Waals surface area (Å²) in [6, 6.07) is 10.3. The van der Waals surface area contributed by atoms with E-state index in [0.717, 1.165) is 19.4 Å². The smallest absolute Gasteiger partial charge is 0.414 e. The average Bonchev–Trinajstić information content (AvgIpc) is 3.54. The number of epoxide rings is 2. The number of halogens is 1. The lowest BCUT2D eigenvalue weighted by atomic mass is 9.67. The normalized spacial score (nSPS) is 38.7. The van der Waals surface area contributed by atoms with E-state index in [1.807, 2.05) is 18.2 Å². The number of alkyl carbamates (subject to hydrolysis) is 1. The van der Waals surface area contributed by atoms with Crippen molar-refractivity contribution in [2.45, 2.75) is 62.4 Å². The number of carbonyl (C=O) groups excluding carboxylic acids is 2. The maximum absolute atomic E-state index is 11.9. The van der Waals surface area contributed by atoms with Gasteiger partial charge in [-0.25, -0.2) is 4.79 Å². The molecule has 0 aromatic heterocycles. The van der Waals surface area contributed by atoms with Crippen LogP contribution in [0.2, 0.25) is 0 Å². The first-order chi connectivity index (χ1) is 13.3. The Morgan fingerprint density at radius 2 is 2.00 bits per heavy atom. The summed E-state index contributed by atoms with van der Waals surface area (Å²) in [5, 5.41) is 2.14. The van der Waals surface area contributed by atoms with Crippen LogP contribution in [0, 0.1) is 5.92 Å². The van der Waals surface area contributed by atoms with Crippen LogP contribution in [0.25, 0.3) is 0 Å². The minimum Gasteiger partial charge on any atom is -0.446 e. The lowest BCUT2D eigenvalue weighted by Gasteiger charge is -2.37. The highest BCUT2D eigenvalue weighted by Crippen LogP contribution is 2.63. The van der Waals surface area contributed by atoms with Crippen LogP contribution in [-0.2, 0) is 25.4 Å². The van der Waals surface area contributed by atoms with Crippen LogP contribution >= 0.6 is 11.6 Å². The summed E-state index contributed by atoms with van der Waals surface area (Å²) in [5.41, 5.74) is 0.438. The molecule has 1 aromatic carbocycles. The van der Waals surface area contributed by atoms with Gasteiger partial charge in [0.25, 0.3) is 0 Å². The van der Waals surface area contributed by atoms with Crippen molar-refractivity contribution in [2.24, 2.45) is 5.92 Å². The SMILES string of the molecule is CC1(Cc2ccccc2)OC1(C)[C@H]1C[C@H](OC(=O)NC(=O)CCl)CCC12CO2. The van der Waals surface area contributed by atoms with Crippen molar-refractivity contribution in [3.63, 3.8) is 0 Å². The molecule has 1 saturated carbocycles. The Labute approximate surface area is 169 Å². The molecule has 1 aromatic rings. The van der Waals surface area contributed by atoms with Crippen LogP contribution in [0.4, 0.5) is 4.79 Å². The van der Waals surface area contributed by atoms with Crippen LogP contribution in [0.5, 0.6) is 0 Å². The van der Waals surface area contributed by atoms with Crippen LogP contribution in [-0.4, -0.2) is 47.4 Å². The number of carbonyl (C=O) groups is 2. The second-order valence-electron chi connectivity index (χ2n) is 8.49. The number of hydrogen-bond acceptors (Lipinski definition) is 5. The molecule has 2 aliphatic heterocycles. The highest BCUT2D eigenvalue weighted by Gasteiger charge is 2.74. The van der Waals surface area contributed by atoms with E-state index in [4.69, 9.17) is 25.8 Å². The van der Waals surface area contributed by atoms with Crippen molar-refractivity contribution in [3.05, 3.63) is 35.9 Å². The minimum absolute atomic E-state index is 0.129. The van der Waals surface area contributed by atoms with E-state index in [1.165, 1.54) is 5.56 Å². The minimum atomic E-state index is -0.740. The number of hydrogen-bond donors (Lipinski definition) is 1. The molecule has 152 valence electrons. The molecule has 3 aliphatic rings. The third kappa shape index (κ3) is 3.53. The van der Waals surface area contributed by atoms with Gasteiger partial charge in [-0.1, -0.05) is 30.3 Å². The Bertz CT molecular complexity index is 767. The maximum Gasteiger partial charge on any atom is 0.414 e. The highest BCUT2D eigenvalue weighted by molar-refractivity contribution is 6.28. The molecule has 6 nitrogen and oxygen atoms in total. The molecule has 1 N–H and O–H groups in total. The van der Waals surface area contributed by atoms with Crippen LogP contribution in [0.3, 0.4) is 0 Å². The van der Waals surface area contributed by atoms with E-state index in [9.17, 15) is 9.59 Å².